The lowest BCUT2D eigenvalue weighted by molar-refractivity contribution is 0.677. The summed E-state index contributed by atoms with van der Waals surface area (Å²) in [6.07, 6.45) is 4.87. The Bertz CT molecular complexity index is 421. The molecule has 0 fully saturated rings. The van der Waals surface area contributed by atoms with Gasteiger partial charge in [0.2, 0.25) is 0 Å². The van der Waals surface area contributed by atoms with Crippen LogP contribution in [-0.2, 0) is 13.0 Å². The Morgan fingerprint density at radius 3 is 2.69 bits per heavy atom. The zero-order valence-electron chi connectivity index (χ0n) is 9.56. The van der Waals surface area contributed by atoms with E-state index in [4.69, 9.17) is 0 Å². The molecule has 0 spiro atoms. The first-order chi connectivity index (χ1) is 7.90. The summed E-state index contributed by atoms with van der Waals surface area (Å²) in [7, 11) is 1.98. The third kappa shape index (κ3) is 2.70. The average Bonchev–Trinajstić information content (AvgIpc) is 2.81. The minimum Gasteiger partial charge on any atom is -0.319 e. The van der Waals surface area contributed by atoms with Crippen LogP contribution in [0.25, 0.3) is 0 Å². The number of benzene rings is 1. The highest BCUT2D eigenvalue weighted by molar-refractivity contribution is 5.27. The van der Waals surface area contributed by atoms with Crippen LogP contribution in [0.15, 0.2) is 42.7 Å². The second-order valence-corrected chi connectivity index (χ2v) is 3.83. The molecule has 0 atom stereocenters. The van der Waals surface area contributed by atoms with Crippen molar-refractivity contribution in [1.82, 2.24) is 15.1 Å². The van der Waals surface area contributed by atoms with Crippen LogP contribution in [0.4, 0.5) is 0 Å². The average molecular weight is 215 g/mol. The highest BCUT2D eigenvalue weighted by Crippen LogP contribution is 2.10. The normalized spacial score (nSPS) is 10.6. The Hall–Kier alpha value is -1.61. The van der Waals surface area contributed by atoms with E-state index in [2.05, 4.69) is 34.7 Å². The van der Waals surface area contributed by atoms with Crippen LogP contribution >= 0.6 is 0 Å². The minimum atomic E-state index is 0.854. The highest BCUT2D eigenvalue weighted by Gasteiger charge is 2.01. The summed E-state index contributed by atoms with van der Waals surface area (Å²) >= 11 is 0. The minimum absolute atomic E-state index is 0.854. The predicted octanol–water partition coefficient (Wildman–Crippen LogP) is 1.69. The van der Waals surface area contributed by atoms with Gasteiger partial charge >= 0.3 is 0 Å². The SMILES string of the molecule is CNCCc1ccccc1Cn1cccn1. The van der Waals surface area contributed by atoms with Gasteiger partial charge in [0.15, 0.2) is 0 Å². The van der Waals surface area contributed by atoms with Gasteiger partial charge in [-0.1, -0.05) is 24.3 Å². The van der Waals surface area contributed by atoms with Gasteiger partial charge in [0.05, 0.1) is 6.54 Å². The van der Waals surface area contributed by atoms with E-state index in [9.17, 15) is 0 Å². The fourth-order valence-corrected chi connectivity index (χ4v) is 1.78. The molecule has 0 radical (unpaired) electrons. The first kappa shape index (κ1) is 10.9. The van der Waals surface area contributed by atoms with E-state index >= 15 is 0 Å². The Balaban J connectivity index is 2.13. The third-order valence-electron chi connectivity index (χ3n) is 2.65. The number of rotatable bonds is 5. The Morgan fingerprint density at radius 1 is 1.19 bits per heavy atom. The highest BCUT2D eigenvalue weighted by atomic mass is 15.3. The summed E-state index contributed by atoms with van der Waals surface area (Å²) in [4.78, 5) is 0. The van der Waals surface area contributed by atoms with E-state index in [1.807, 2.05) is 30.2 Å². The van der Waals surface area contributed by atoms with Gasteiger partial charge in [0.25, 0.3) is 0 Å². The summed E-state index contributed by atoms with van der Waals surface area (Å²) in [6.45, 7) is 1.86. The molecule has 16 heavy (non-hydrogen) atoms. The van der Waals surface area contributed by atoms with E-state index in [0.717, 1.165) is 19.5 Å². The summed E-state index contributed by atoms with van der Waals surface area (Å²) in [5.74, 6) is 0. The molecule has 3 nitrogen and oxygen atoms in total. The van der Waals surface area contributed by atoms with Crippen molar-refractivity contribution in [3.8, 4) is 0 Å². The van der Waals surface area contributed by atoms with E-state index in [0.29, 0.717) is 0 Å². The van der Waals surface area contributed by atoms with Gasteiger partial charge in [-0.25, -0.2) is 0 Å². The van der Waals surface area contributed by atoms with Crippen LogP contribution in [-0.4, -0.2) is 23.4 Å². The molecular formula is C13H17N3. The third-order valence-corrected chi connectivity index (χ3v) is 2.65. The molecule has 3 heteroatoms. The maximum absolute atomic E-state index is 4.23. The van der Waals surface area contributed by atoms with Crippen molar-refractivity contribution in [3.63, 3.8) is 0 Å². The van der Waals surface area contributed by atoms with Crippen molar-refractivity contribution in [3.05, 3.63) is 53.9 Å². The topological polar surface area (TPSA) is 29.9 Å². The lowest BCUT2D eigenvalue weighted by atomic mass is 10.0. The molecule has 1 heterocycles. The fourth-order valence-electron chi connectivity index (χ4n) is 1.78. The van der Waals surface area contributed by atoms with Crippen LogP contribution < -0.4 is 5.32 Å². The quantitative estimate of drug-likeness (QED) is 0.822. The number of nitrogens with zero attached hydrogens (tertiary/aromatic N) is 2. The summed E-state index contributed by atoms with van der Waals surface area (Å²) in [6, 6.07) is 10.5. The van der Waals surface area contributed by atoms with Crippen LogP contribution in [0, 0.1) is 0 Å². The van der Waals surface area contributed by atoms with Gasteiger partial charge in [-0.3, -0.25) is 4.68 Å². The van der Waals surface area contributed by atoms with Gasteiger partial charge in [0, 0.05) is 12.4 Å². The van der Waals surface area contributed by atoms with E-state index in [1.165, 1.54) is 11.1 Å². The molecule has 0 aliphatic heterocycles. The van der Waals surface area contributed by atoms with Gasteiger partial charge in [-0.05, 0) is 37.2 Å². The molecule has 84 valence electrons. The van der Waals surface area contributed by atoms with E-state index < -0.39 is 0 Å². The second kappa shape index (κ2) is 5.47. The molecule has 0 saturated heterocycles. The maximum Gasteiger partial charge on any atom is 0.0662 e. The molecule has 2 aromatic rings. The molecule has 1 aromatic heterocycles. The van der Waals surface area contributed by atoms with Crippen molar-refractivity contribution >= 4 is 0 Å². The second-order valence-electron chi connectivity index (χ2n) is 3.83. The predicted molar refractivity (Wildman–Crippen MR) is 65.4 cm³/mol. The first-order valence-electron chi connectivity index (χ1n) is 5.59. The first-order valence-corrected chi connectivity index (χ1v) is 5.59. The lowest BCUT2D eigenvalue weighted by Crippen LogP contribution is -2.12. The number of aromatic nitrogens is 2. The van der Waals surface area contributed by atoms with Gasteiger partial charge < -0.3 is 5.32 Å². The lowest BCUT2D eigenvalue weighted by Gasteiger charge is -2.09. The standard InChI is InChI=1S/C13H17N3/c1-14-9-7-12-5-2-3-6-13(12)11-16-10-4-8-15-16/h2-6,8,10,14H,7,9,11H2,1H3. The molecular weight excluding hydrogens is 198 g/mol. The number of nitrogens with one attached hydrogen (secondary N) is 1. The Morgan fingerprint density at radius 2 is 2.00 bits per heavy atom. The fraction of sp³-hybridized carbons (Fsp3) is 0.308. The maximum atomic E-state index is 4.23. The molecule has 0 aliphatic rings. The van der Waals surface area contributed by atoms with Crippen molar-refractivity contribution in [2.75, 3.05) is 13.6 Å². The molecule has 0 amide bonds. The number of hydrogen-bond acceptors (Lipinski definition) is 2. The van der Waals surface area contributed by atoms with Crippen LogP contribution in [0.5, 0.6) is 0 Å². The van der Waals surface area contributed by atoms with Crippen molar-refractivity contribution in [2.24, 2.45) is 0 Å². The molecule has 0 saturated carbocycles. The molecule has 0 bridgehead atoms. The van der Waals surface area contributed by atoms with Crippen molar-refractivity contribution in [2.45, 2.75) is 13.0 Å². The van der Waals surface area contributed by atoms with Crippen molar-refractivity contribution in [1.29, 1.82) is 0 Å². The van der Waals surface area contributed by atoms with Gasteiger partial charge in [0.1, 0.15) is 0 Å². The molecule has 0 aliphatic carbocycles. The Labute approximate surface area is 96.1 Å². The van der Waals surface area contributed by atoms with E-state index in [-0.39, 0.29) is 0 Å². The summed E-state index contributed by atoms with van der Waals surface area (Å²) in [5.41, 5.74) is 2.74. The number of hydrogen-bond donors (Lipinski definition) is 1. The van der Waals surface area contributed by atoms with Crippen LogP contribution in [0.1, 0.15) is 11.1 Å². The van der Waals surface area contributed by atoms with Gasteiger partial charge in [-0.15, -0.1) is 0 Å². The summed E-state index contributed by atoms with van der Waals surface area (Å²) < 4.78 is 1.96. The molecule has 1 N–H and O–H groups in total. The monoisotopic (exact) mass is 215 g/mol. The molecule has 0 unspecified atom stereocenters. The number of likely N-dealkylation sites (N-methyl/N-ethyl adjacent to an activating group) is 1. The van der Waals surface area contributed by atoms with Crippen molar-refractivity contribution < 1.29 is 0 Å². The molecule has 2 rings (SSSR count). The van der Waals surface area contributed by atoms with Crippen LogP contribution in [0.2, 0.25) is 0 Å². The van der Waals surface area contributed by atoms with Gasteiger partial charge in [-0.2, -0.15) is 5.10 Å². The van der Waals surface area contributed by atoms with E-state index in [1.54, 1.807) is 0 Å². The summed E-state index contributed by atoms with van der Waals surface area (Å²) in [5, 5.41) is 7.41. The zero-order valence-corrected chi connectivity index (χ0v) is 9.56. The largest absolute Gasteiger partial charge is 0.319 e. The van der Waals surface area contributed by atoms with Crippen LogP contribution in [0.3, 0.4) is 0 Å². The zero-order chi connectivity index (χ0) is 11.2. The smallest absolute Gasteiger partial charge is 0.0662 e. The Kier molecular flexibility index (Phi) is 3.72. The molecule has 1 aromatic carbocycles.